The highest BCUT2D eigenvalue weighted by molar-refractivity contribution is 7.07. The molecule has 39 heavy (non-hydrogen) atoms. The average molecular weight is 616 g/mol. The van der Waals surface area contributed by atoms with Crippen molar-refractivity contribution in [1.82, 2.24) is 0 Å². The molecule has 0 fully saturated rings. The van der Waals surface area contributed by atoms with Gasteiger partial charge < -0.3 is 26.6 Å². The van der Waals surface area contributed by atoms with Gasteiger partial charge in [0.25, 0.3) is 0 Å². The number of hydrogen-bond donors (Lipinski definition) is 0. The summed E-state index contributed by atoms with van der Waals surface area (Å²) in [5.74, 6) is 0.921. The summed E-state index contributed by atoms with van der Waals surface area (Å²) in [7, 11) is 0. The molecule has 3 aromatic rings. The molecule has 214 valence electrons. The predicted octanol–water partition coefficient (Wildman–Crippen LogP) is 5.72. The SMILES string of the molecule is CCCCCCCCCCCCCCOc1cccc(CN(C(C)=O)c2cccc(C[n+]3ccsc3)c2)c1.[Br-]. The fourth-order valence-electron chi connectivity index (χ4n) is 4.82. The molecule has 0 aliphatic carbocycles. The van der Waals surface area contributed by atoms with E-state index in [1.54, 1.807) is 18.3 Å². The van der Waals surface area contributed by atoms with Crippen LogP contribution in [0.4, 0.5) is 5.69 Å². The predicted molar refractivity (Wildman–Crippen MR) is 160 cm³/mol. The van der Waals surface area contributed by atoms with Crippen LogP contribution < -0.4 is 31.2 Å². The first-order chi connectivity index (χ1) is 18.7. The third kappa shape index (κ3) is 13.1. The number of hydrogen-bond acceptors (Lipinski definition) is 3. The Morgan fingerprint density at radius 1 is 0.846 bits per heavy atom. The number of anilines is 1. The van der Waals surface area contributed by atoms with Crippen molar-refractivity contribution in [2.45, 2.75) is 104 Å². The van der Waals surface area contributed by atoms with Crippen LogP contribution in [-0.4, -0.2) is 12.5 Å². The third-order valence-electron chi connectivity index (χ3n) is 7.00. The molecule has 1 amide bonds. The van der Waals surface area contributed by atoms with Crippen LogP contribution in [0.2, 0.25) is 0 Å². The zero-order valence-corrected chi connectivity index (χ0v) is 26.4. The van der Waals surface area contributed by atoms with Crippen molar-refractivity contribution in [2.75, 3.05) is 11.5 Å². The van der Waals surface area contributed by atoms with Crippen LogP contribution in [-0.2, 0) is 17.9 Å². The molecule has 1 heterocycles. The van der Waals surface area contributed by atoms with E-state index >= 15 is 0 Å². The van der Waals surface area contributed by atoms with Crippen LogP contribution in [0.1, 0.15) is 102 Å². The fourth-order valence-corrected chi connectivity index (χ4v) is 5.42. The van der Waals surface area contributed by atoms with Crippen molar-refractivity contribution in [3.63, 3.8) is 0 Å². The number of carbonyl (C=O) groups is 1. The minimum absolute atomic E-state index is 0. The Labute approximate surface area is 251 Å². The van der Waals surface area contributed by atoms with E-state index in [2.05, 4.69) is 52.8 Å². The number of benzene rings is 2. The Balaban J connectivity index is 0.00000533. The number of thiazole rings is 1. The Hall–Kier alpha value is -2.18. The summed E-state index contributed by atoms with van der Waals surface area (Å²) in [6.45, 7) is 5.99. The van der Waals surface area contributed by atoms with Gasteiger partial charge in [-0.15, -0.1) is 0 Å². The van der Waals surface area contributed by atoms with Crippen LogP contribution >= 0.6 is 11.3 Å². The van der Waals surface area contributed by atoms with Crippen molar-refractivity contribution in [3.8, 4) is 5.75 Å². The van der Waals surface area contributed by atoms with Crippen LogP contribution in [0, 0.1) is 0 Å². The molecular weight excluding hydrogens is 568 g/mol. The van der Waals surface area contributed by atoms with Crippen LogP contribution in [0.3, 0.4) is 0 Å². The van der Waals surface area contributed by atoms with Gasteiger partial charge in [-0.25, -0.2) is 0 Å². The maximum absolute atomic E-state index is 12.6. The Kier molecular flexibility index (Phi) is 16.8. The maximum atomic E-state index is 12.6. The fraction of sp³-hybridized carbons (Fsp3) is 0.515. The van der Waals surface area contributed by atoms with E-state index in [9.17, 15) is 4.79 Å². The maximum Gasteiger partial charge on any atom is 0.224 e. The molecule has 0 unspecified atom stereocenters. The van der Waals surface area contributed by atoms with Gasteiger partial charge in [0.15, 0.2) is 12.7 Å². The van der Waals surface area contributed by atoms with Crippen molar-refractivity contribution in [2.24, 2.45) is 0 Å². The van der Waals surface area contributed by atoms with E-state index in [0.717, 1.165) is 36.6 Å². The molecule has 2 aromatic carbocycles. The zero-order chi connectivity index (χ0) is 26.8. The summed E-state index contributed by atoms with van der Waals surface area (Å²) in [5, 5.41) is 2.07. The Bertz CT molecular complexity index is 1060. The monoisotopic (exact) mass is 614 g/mol. The third-order valence-corrected chi connectivity index (χ3v) is 7.67. The molecule has 1 aromatic heterocycles. The number of nitrogens with zero attached hydrogens (tertiary/aromatic N) is 2. The second-order valence-corrected chi connectivity index (χ2v) is 11.1. The summed E-state index contributed by atoms with van der Waals surface area (Å²) in [6, 6.07) is 16.4. The first kappa shape index (κ1) is 33.0. The lowest BCUT2D eigenvalue weighted by molar-refractivity contribution is -0.683. The molecule has 0 aliphatic heterocycles. The van der Waals surface area contributed by atoms with Gasteiger partial charge in [0, 0.05) is 18.2 Å². The van der Waals surface area contributed by atoms with E-state index < -0.39 is 0 Å². The smallest absolute Gasteiger partial charge is 0.224 e. The summed E-state index contributed by atoms with van der Waals surface area (Å²) < 4.78 is 8.21. The summed E-state index contributed by atoms with van der Waals surface area (Å²) >= 11 is 1.68. The average Bonchev–Trinajstić information content (AvgIpc) is 3.43. The molecule has 0 aliphatic rings. The van der Waals surface area contributed by atoms with Crippen molar-refractivity contribution < 1.29 is 31.1 Å². The Morgan fingerprint density at radius 3 is 2.13 bits per heavy atom. The first-order valence-electron chi connectivity index (χ1n) is 14.7. The quantitative estimate of drug-likeness (QED) is 0.128. The summed E-state index contributed by atoms with van der Waals surface area (Å²) in [4.78, 5) is 14.4. The number of rotatable bonds is 19. The summed E-state index contributed by atoms with van der Waals surface area (Å²) in [5.41, 5.74) is 5.27. The van der Waals surface area contributed by atoms with Gasteiger partial charge in [-0.1, -0.05) is 113 Å². The highest BCUT2D eigenvalue weighted by Gasteiger charge is 2.14. The second-order valence-electron chi connectivity index (χ2n) is 10.4. The number of halogens is 1. The van der Waals surface area contributed by atoms with Crippen LogP contribution in [0.15, 0.2) is 65.6 Å². The van der Waals surface area contributed by atoms with Gasteiger partial charge in [-0.2, -0.15) is 4.57 Å². The van der Waals surface area contributed by atoms with E-state index in [1.807, 2.05) is 29.2 Å². The van der Waals surface area contributed by atoms with Gasteiger partial charge in [0.05, 0.1) is 18.5 Å². The largest absolute Gasteiger partial charge is 1.00 e. The summed E-state index contributed by atoms with van der Waals surface area (Å²) in [6.07, 6.45) is 18.2. The Morgan fingerprint density at radius 2 is 1.49 bits per heavy atom. The van der Waals surface area contributed by atoms with E-state index in [1.165, 1.54) is 76.2 Å². The molecule has 0 radical (unpaired) electrons. The molecule has 0 N–H and O–H groups in total. The van der Waals surface area contributed by atoms with Gasteiger partial charge in [-0.05, 0) is 36.2 Å². The number of carbonyl (C=O) groups excluding carboxylic acids is 1. The standard InChI is InChI=1S/C33H47N2O2S.BrH/c1-3-4-5-6-7-8-9-10-11-12-13-14-22-37-33-20-16-18-31(25-33)27-35(29(2)36)32-19-15-17-30(24-32)26-34-21-23-38-28-34;/h15-21,23-25,28H,3-14,22,26-27H2,1-2H3;1H/q+1;/p-1. The van der Waals surface area contributed by atoms with Crippen LogP contribution in [0.25, 0.3) is 0 Å². The molecular formula is C33H47BrN2O2S. The zero-order valence-electron chi connectivity index (χ0n) is 24.0. The van der Waals surface area contributed by atoms with Crippen molar-refractivity contribution >= 4 is 22.9 Å². The highest BCUT2D eigenvalue weighted by atomic mass is 79.9. The van der Waals surface area contributed by atoms with E-state index in [4.69, 9.17) is 4.74 Å². The molecule has 4 nitrogen and oxygen atoms in total. The number of amides is 1. The van der Waals surface area contributed by atoms with E-state index in [-0.39, 0.29) is 22.9 Å². The number of aromatic nitrogens is 1. The molecule has 0 saturated carbocycles. The highest BCUT2D eigenvalue weighted by Crippen LogP contribution is 2.22. The lowest BCUT2D eigenvalue weighted by Crippen LogP contribution is -3.00. The lowest BCUT2D eigenvalue weighted by Gasteiger charge is -2.22. The normalized spacial score (nSPS) is 10.7. The van der Waals surface area contributed by atoms with Gasteiger partial charge in [0.1, 0.15) is 5.75 Å². The van der Waals surface area contributed by atoms with Gasteiger partial charge in [-0.3, -0.25) is 4.79 Å². The van der Waals surface area contributed by atoms with Crippen LogP contribution in [0.5, 0.6) is 5.75 Å². The minimum atomic E-state index is 0. The lowest BCUT2D eigenvalue weighted by atomic mass is 10.1. The number of unbranched alkanes of at least 4 members (excludes halogenated alkanes) is 11. The van der Waals surface area contributed by atoms with Crippen molar-refractivity contribution in [1.29, 1.82) is 0 Å². The van der Waals surface area contributed by atoms with Crippen molar-refractivity contribution in [3.05, 3.63) is 76.7 Å². The molecule has 0 bridgehead atoms. The first-order valence-corrected chi connectivity index (χ1v) is 15.6. The topological polar surface area (TPSA) is 33.4 Å². The molecule has 0 atom stereocenters. The minimum Gasteiger partial charge on any atom is -1.00 e. The molecule has 6 heteroatoms. The molecule has 0 saturated heterocycles. The molecule has 0 spiro atoms. The second kappa shape index (κ2) is 19.8. The molecule has 3 rings (SSSR count). The number of ether oxygens (including phenoxy) is 1. The van der Waals surface area contributed by atoms with Gasteiger partial charge in [0.2, 0.25) is 11.4 Å². The van der Waals surface area contributed by atoms with E-state index in [0.29, 0.717) is 6.54 Å². The van der Waals surface area contributed by atoms with Gasteiger partial charge >= 0.3 is 0 Å².